The highest BCUT2D eigenvalue weighted by atomic mass is 35.5. The van der Waals surface area contributed by atoms with Gasteiger partial charge >= 0.3 is 6.18 Å². The van der Waals surface area contributed by atoms with Gasteiger partial charge in [-0.1, -0.05) is 23.4 Å². The summed E-state index contributed by atoms with van der Waals surface area (Å²) < 4.78 is 44.4. The quantitative estimate of drug-likeness (QED) is 0.407. The highest BCUT2D eigenvalue weighted by molar-refractivity contribution is 7.99. The van der Waals surface area contributed by atoms with Crippen LogP contribution in [0.4, 0.5) is 18.9 Å². The topological polar surface area (TPSA) is 73.2 Å². The number of benzene rings is 2. The van der Waals surface area contributed by atoms with Crippen molar-refractivity contribution in [3.8, 4) is 0 Å². The van der Waals surface area contributed by atoms with Gasteiger partial charge in [-0.3, -0.25) is 14.2 Å². The van der Waals surface area contributed by atoms with Crippen molar-refractivity contribution in [1.29, 1.82) is 0 Å². The maximum absolute atomic E-state index is 12.8. The number of methoxy groups -OCH3 is 1. The second-order valence-electron chi connectivity index (χ2n) is 6.42. The smallest absolute Gasteiger partial charge is 0.383 e. The Kier molecular flexibility index (Phi) is 7.24. The minimum atomic E-state index is -4.45. The molecule has 0 spiro atoms. The van der Waals surface area contributed by atoms with E-state index in [-0.39, 0.29) is 30.2 Å². The number of nitrogens with one attached hydrogen (secondary N) is 1. The van der Waals surface area contributed by atoms with E-state index in [0.29, 0.717) is 21.1 Å². The number of rotatable bonds is 7. The zero-order chi connectivity index (χ0) is 22.6. The zero-order valence-electron chi connectivity index (χ0n) is 16.2. The summed E-state index contributed by atoms with van der Waals surface area (Å²) in [4.78, 5) is 29.6. The SMILES string of the molecule is COCCn1c(SCC(=O)Nc2ccc(C(F)(F)F)cc2)nc2cc(Cl)ccc2c1=O. The van der Waals surface area contributed by atoms with Crippen LogP contribution in [0.15, 0.2) is 52.4 Å². The zero-order valence-corrected chi connectivity index (χ0v) is 17.8. The number of ether oxygens (including phenoxy) is 1. The maximum atomic E-state index is 12.8. The summed E-state index contributed by atoms with van der Waals surface area (Å²) in [6, 6.07) is 8.87. The number of aromatic nitrogens is 2. The van der Waals surface area contributed by atoms with E-state index in [1.807, 2.05) is 0 Å². The number of anilines is 1. The Bertz CT molecular complexity index is 1150. The van der Waals surface area contributed by atoms with Gasteiger partial charge in [-0.25, -0.2) is 4.98 Å². The van der Waals surface area contributed by atoms with Crippen LogP contribution < -0.4 is 10.9 Å². The van der Waals surface area contributed by atoms with E-state index in [9.17, 15) is 22.8 Å². The summed E-state index contributed by atoms with van der Waals surface area (Å²) in [5.41, 5.74) is -0.462. The molecule has 0 bridgehead atoms. The van der Waals surface area contributed by atoms with Crippen molar-refractivity contribution in [1.82, 2.24) is 9.55 Å². The van der Waals surface area contributed by atoms with Gasteiger partial charge < -0.3 is 10.1 Å². The number of hydrogen-bond acceptors (Lipinski definition) is 5. The van der Waals surface area contributed by atoms with Crippen LogP contribution in [0.5, 0.6) is 0 Å². The molecule has 1 aromatic heterocycles. The average Bonchev–Trinajstić information content (AvgIpc) is 2.71. The maximum Gasteiger partial charge on any atom is 0.416 e. The summed E-state index contributed by atoms with van der Waals surface area (Å²) >= 11 is 7.02. The second-order valence-corrected chi connectivity index (χ2v) is 7.80. The average molecular weight is 472 g/mol. The van der Waals surface area contributed by atoms with Crippen LogP contribution in [-0.2, 0) is 22.3 Å². The number of hydrogen-bond donors (Lipinski definition) is 1. The summed E-state index contributed by atoms with van der Waals surface area (Å²) in [5.74, 6) is -0.560. The molecule has 11 heteroatoms. The van der Waals surface area contributed by atoms with E-state index in [2.05, 4.69) is 10.3 Å². The lowest BCUT2D eigenvalue weighted by molar-refractivity contribution is -0.137. The predicted octanol–water partition coefficient (Wildman–Crippen LogP) is 4.45. The molecule has 0 aliphatic carbocycles. The van der Waals surface area contributed by atoms with Gasteiger partial charge in [-0.15, -0.1) is 0 Å². The fraction of sp³-hybridized carbons (Fsp3) is 0.250. The fourth-order valence-corrected chi connectivity index (χ4v) is 3.73. The normalized spacial score (nSPS) is 11.6. The lowest BCUT2D eigenvalue weighted by Gasteiger charge is -2.13. The fourth-order valence-electron chi connectivity index (χ4n) is 2.73. The molecule has 31 heavy (non-hydrogen) atoms. The van der Waals surface area contributed by atoms with Gasteiger partial charge in [0.05, 0.1) is 35.4 Å². The third kappa shape index (κ3) is 5.78. The van der Waals surface area contributed by atoms with Crippen molar-refractivity contribution in [3.05, 3.63) is 63.4 Å². The van der Waals surface area contributed by atoms with Gasteiger partial charge in [0, 0.05) is 17.8 Å². The van der Waals surface area contributed by atoms with E-state index in [0.717, 1.165) is 23.9 Å². The first-order valence-corrected chi connectivity index (χ1v) is 10.3. The molecular formula is C20H17ClF3N3O3S. The lowest BCUT2D eigenvalue weighted by atomic mass is 10.2. The lowest BCUT2D eigenvalue weighted by Crippen LogP contribution is -2.26. The van der Waals surface area contributed by atoms with Gasteiger partial charge in [0.1, 0.15) is 0 Å². The minimum Gasteiger partial charge on any atom is -0.383 e. The Balaban J connectivity index is 1.77. The largest absolute Gasteiger partial charge is 0.416 e. The van der Waals surface area contributed by atoms with E-state index in [4.69, 9.17) is 16.3 Å². The number of amides is 1. The van der Waals surface area contributed by atoms with Crippen LogP contribution in [0, 0.1) is 0 Å². The monoisotopic (exact) mass is 471 g/mol. The van der Waals surface area contributed by atoms with Crippen molar-refractivity contribution in [2.75, 3.05) is 24.8 Å². The Hall–Kier alpha value is -2.56. The summed E-state index contributed by atoms with van der Waals surface area (Å²) in [6.07, 6.45) is -4.45. The molecule has 3 rings (SSSR count). The Morgan fingerprint density at radius 2 is 1.94 bits per heavy atom. The van der Waals surface area contributed by atoms with Crippen molar-refractivity contribution < 1.29 is 22.7 Å². The summed E-state index contributed by atoms with van der Waals surface area (Å²) in [5, 5.41) is 3.64. The highest BCUT2D eigenvalue weighted by Crippen LogP contribution is 2.30. The van der Waals surface area contributed by atoms with Gasteiger partial charge in [0.2, 0.25) is 5.91 Å². The van der Waals surface area contributed by atoms with Gasteiger partial charge in [-0.05, 0) is 42.5 Å². The van der Waals surface area contributed by atoms with Gasteiger partial charge in [0.25, 0.3) is 5.56 Å². The van der Waals surface area contributed by atoms with Crippen LogP contribution >= 0.6 is 23.4 Å². The second kappa shape index (κ2) is 9.71. The molecule has 0 saturated carbocycles. The third-order valence-corrected chi connectivity index (χ3v) is 5.44. The van der Waals surface area contributed by atoms with Crippen molar-refractivity contribution in [3.63, 3.8) is 0 Å². The molecule has 3 aromatic rings. The number of halogens is 4. The first-order chi connectivity index (χ1) is 14.7. The van der Waals surface area contributed by atoms with Crippen LogP contribution in [0.3, 0.4) is 0 Å². The Morgan fingerprint density at radius 3 is 2.58 bits per heavy atom. The first kappa shape index (κ1) is 23.1. The van der Waals surface area contributed by atoms with Crippen LogP contribution in [0.1, 0.15) is 5.56 Å². The number of carbonyl (C=O) groups excluding carboxylic acids is 1. The Morgan fingerprint density at radius 1 is 1.23 bits per heavy atom. The molecule has 1 N–H and O–H groups in total. The number of nitrogens with zero attached hydrogens (tertiary/aromatic N) is 2. The molecule has 0 aliphatic heterocycles. The highest BCUT2D eigenvalue weighted by Gasteiger charge is 2.30. The molecule has 1 amide bonds. The van der Waals surface area contributed by atoms with Gasteiger partial charge in [0.15, 0.2) is 5.16 Å². The third-order valence-electron chi connectivity index (χ3n) is 4.23. The molecule has 0 saturated heterocycles. The molecule has 0 aliphatic rings. The van der Waals surface area contributed by atoms with Gasteiger partial charge in [-0.2, -0.15) is 13.2 Å². The molecule has 164 valence electrons. The number of thioether (sulfide) groups is 1. The molecule has 0 unspecified atom stereocenters. The molecule has 2 aromatic carbocycles. The summed E-state index contributed by atoms with van der Waals surface area (Å²) in [6.45, 7) is 0.510. The first-order valence-electron chi connectivity index (χ1n) is 8.98. The molecule has 0 fully saturated rings. The predicted molar refractivity (Wildman–Crippen MR) is 114 cm³/mol. The number of alkyl halides is 3. The van der Waals surface area contributed by atoms with Crippen LogP contribution in [0.25, 0.3) is 10.9 Å². The minimum absolute atomic E-state index is 0.105. The number of fused-ring (bicyclic) bond motifs is 1. The molecule has 1 heterocycles. The van der Waals surface area contributed by atoms with E-state index in [1.165, 1.54) is 23.8 Å². The van der Waals surface area contributed by atoms with E-state index >= 15 is 0 Å². The van der Waals surface area contributed by atoms with Crippen LogP contribution in [0.2, 0.25) is 5.02 Å². The van der Waals surface area contributed by atoms with Crippen molar-refractivity contribution in [2.24, 2.45) is 0 Å². The molecular weight excluding hydrogens is 455 g/mol. The molecule has 0 radical (unpaired) electrons. The number of carbonyl (C=O) groups is 1. The van der Waals surface area contributed by atoms with Crippen molar-refractivity contribution >= 4 is 45.9 Å². The summed E-state index contributed by atoms with van der Waals surface area (Å²) in [7, 11) is 1.50. The van der Waals surface area contributed by atoms with Crippen molar-refractivity contribution in [2.45, 2.75) is 17.9 Å². The molecule has 6 nitrogen and oxygen atoms in total. The van der Waals surface area contributed by atoms with Crippen LogP contribution in [-0.4, -0.2) is 34.9 Å². The Labute approximate surface area is 184 Å². The van der Waals surface area contributed by atoms with E-state index in [1.54, 1.807) is 18.2 Å². The standard InChI is InChI=1S/C20H17ClF3N3O3S/c1-30-9-8-27-18(29)15-7-4-13(21)10-16(15)26-19(27)31-11-17(28)25-14-5-2-12(3-6-14)20(22,23)24/h2-7,10H,8-9,11H2,1H3,(H,25,28). The molecule has 0 atom stereocenters. The van der Waals surface area contributed by atoms with E-state index < -0.39 is 17.6 Å².